The third-order valence-electron chi connectivity index (χ3n) is 25.1. The second kappa shape index (κ2) is 51.2. The fraction of sp³-hybridized carbons (Fsp3) is 0.459. The van der Waals surface area contributed by atoms with Crippen LogP contribution in [0.2, 0.25) is 0 Å². The summed E-state index contributed by atoms with van der Waals surface area (Å²) < 4.78 is 45.2. The number of hydrogen-bond acceptors (Lipinski definition) is 21. The number of fused-ring (bicyclic) bond motifs is 3. The molecule has 6 aromatic carbocycles. The molecule has 0 aliphatic carbocycles. The van der Waals surface area contributed by atoms with Gasteiger partial charge in [0.2, 0.25) is 88.6 Å². The monoisotopic (exact) mass is 1930 g/mol. The number of aromatic nitrogens is 1. The highest BCUT2D eigenvalue weighted by molar-refractivity contribution is 8.00. The molecule has 10 rings (SSSR count). The van der Waals surface area contributed by atoms with Gasteiger partial charge in [0.05, 0.1) is 18.4 Å². The average Bonchev–Trinajstić information content (AvgIpc) is 1.58. The lowest BCUT2D eigenvalue weighted by atomic mass is 9.98. The summed E-state index contributed by atoms with van der Waals surface area (Å²) in [6.45, 7) is 3.57. The van der Waals surface area contributed by atoms with Crippen LogP contribution in [0.15, 0.2) is 152 Å². The van der Waals surface area contributed by atoms with Gasteiger partial charge in [-0.3, -0.25) is 71.9 Å². The summed E-state index contributed by atoms with van der Waals surface area (Å²) in [6, 6.07) is 17.0. The normalized spacial score (nSPS) is 23.7. The zero-order chi connectivity index (χ0) is 100. The number of H-pyrrole nitrogens is 1. The van der Waals surface area contributed by atoms with E-state index in [4.69, 9.17) is 22.9 Å². The number of primary amides is 1. The molecule has 138 heavy (non-hydrogen) atoms. The minimum absolute atomic E-state index is 0.0174. The fourth-order valence-corrected chi connectivity index (χ4v) is 18.1. The molecule has 36 nitrogen and oxygen atoms in total. The van der Waals surface area contributed by atoms with Crippen LogP contribution in [0, 0.1) is 23.4 Å². The van der Waals surface area contributed by atoms with E-state index in [2.05, 4.69) is 52.8 Å². The van der Waals surface area contributed by atoms with Gasteiger partial charge in [0.15, 0.2) is 17.5 Å². The predicted molar refractivity (Wildman–Crippen MR) is 509 cm³/mol. The van der Waals surface area contributed by atoms with Gasteiger partial charge in [0, 0.05) is 115 Å². The van der Waals surface area contributed by atoms with Crippen molar-refractivity contribution in [2.24, 2.45) is 28.9 Å². The highest BCUT2D eigenvalue weighted by Crippen LogP contribution is 2.29. The van der Waals surface area contributed by atoms with E-state index in [-0.39, 0.29) is 102 Å². The number of aromatic amines is 1. The number of amides is 15. The molecule has 0 radical (unpaired) electrons. The van der Waals surface area contributed by atoms with E-state index in [0.717, 1.165) is 19.6 Å². The number of phenols is 1. The summed E-state index contributed by atoms with van der Waals surface area (Å²) in [6.07, 6.45) is -0.215. The number of likely N-dealkylation sites (N-methyl/N-ethyl adjacent to an activating group) is 3. The van der Waals surface area contributed by atoms with Crippen LogP contribution in [0.3, 0.4) is 0 Å². The fourth-order valence-electron chi connectivity index (χ4n) is 17.3. The lowest BCUT2D eigenvalue weighted by Crippen LogP contribution is -2.62. The van der Waals surface area contributed by atoms with E-state index in [1.807, 2.05) is 6.92 Å². The maximum absolute atomic E-state index is 15.9. The molecule has 0 saturated carbocycles. The van der Waals surface area contributed by atoms with E-state index in [1.165, 1.54) is 50.3 Å². The summed E-state index contributed by atoms with van der Waals surface area (Å²) in [7, 11) is 3.90. The molecule has 3 aliphatic rings. The Morgan fingerprint density at radius 3 is 1.65 bits per heavy atom. The highest BCUT2D eigenvalue weighted by atomic mass is 32.2. The zero-order valence-electron chi connectivity index (χ0n) is 78.2. The third kappa shape index (κ3) is 29.1. The lowest BCUT2D eigenvalue weighted by Gasteiger charge is -2.38. The number of halogens is 3. The van der Waals surface area contributed by atoms with Gasteiger partial charge < -0.3 is 110 Å². The third-order valence-corrected chi connectivity index (χ3v) is 26.1. The molecule has 15 amide bonds. The molecular formula is C98H126F3N19O17S. The number of phenolic OH excluding ortho intramolecular Hbond substituents is 1. The van der Waals surface area contributed by atoms with Gasteiger partial charge in [-0.2, -0.15) is 0 Å². The Morgan fingerprint density at radius 1 is 0.507 bits per heavy atom. The molecular weight excluding hydrogens is 1800 g/mol. The summed E-state index contributed by atoms with van der Waals surface area (Å²) in [5.74, 6) is -21.4. The number of unbranched alkanes of at least 4 members (excludes halogenated alkanes) is 3. The number of aliphatic hydroxyl groups is 1. The Hall–Kier alpha value is -13.3. The van der Waals surface area contributed by atoms with Gasteiger partial charge in [-0.1, -0.05) is 155 Å². The van der Waals surface area contributed by atoms with E-state index >= 15 is 56.7 Å². The van der Waals surface area contributed by atoms with Gasteiger partial charge in [-0.25, -0.2) is 13.2 Å². The average molecular weight is 1930 g/mol. The zero-order valence-corrected chi connectivity index (χ0v) is 79.0. The standard InChI is InChI=1S/C98H126F3N19O17S/c1-7-8-11-28-78-97(136)119-39-20-29-77(119)91(130)113-75(50-104)90(129)115-85(56(2)3)98(137)117(5)79(45-57-21-12-9-13-22-57)92(131)112-74(43-59-30-32-61(49-103)33-31-59)95(134)120-53-65(122)48-80(120)93(132)111-72(47-63-51-106-69-26-17-16-25-66(63)69)89(128)110-71(42-60-34-36-64(121)37-35-60)88(127)109-70(27-18-19-38-102)87(126)114-76(86(125)107-52-82(105)123)54-138-55-83(124)108-73(44-62-40-67(99)84(101)68(100)41-62)94(133)118(6)81(96(135)116(78)4)46-58-23-14-10-15-24-58/h9-10,12-17,21-26,30-37,40-41,51,56,65,70-81,85,106,121-122H,7-8,11,18-20,27-29,38-39,42-50,52-55,102-104H2,1-6H3,(H2,105,123)(H,107,125)(H,108,124)(H,109,127)(H,110,128)(H,111,132)(H,112,131)(H,113,130)(H,114,126)(H,115,129)/t65-,70-,71-,72-,73-,74-,75-,76-,77+,78-,79-,80+,81-,85-/m0/s1. The second-order valence-electron chi connectivity index (χ2n) is 35.5. The van der Waals surface area contributed by atoms with Crippen molar-refractivity contribution in [1.82, 2.24) is 77.3 Å². The van der Waals surface area contributed by atoms with E-state index in [1.54, 1.807) is 129 Å². The number of carbonyl (C=O) groups excluding carboxylic acids is 15. The predicted octanol–water partition coefficient (Wildman–Crippen LogP) is 1.49. The quantitative estimate of drug-likeness (QED) is 0.0270. The van der Waals surface area contributed by atoms with Crippen LogP contribution in [0.5, 0.6) is 5.75 Å². The largest absolute Gasteiger partial charge is 0.508 e. The minimum Gasteiger partial charge on any atom is -0.508 e. The molecule has 20 N–H and O–H groups in total. The number of carbonyl (C=O) groups is 15. The first-order valence-corrected chi connectivity index (χ1v) is 47.5. The van der Waals surface area contributed by atoms with Crippen LogP contribution in [0.25, 0.3) is 10.9 Å². The first-order chi connectivity index (χ1) is 66.0. The van der Waals surface area contributed by atoms with E-state index in [0.29, 0.717) is 87.4 Å². The molecule has 3 aliphatic heterocycles. The maximum Gasteiger partial charge on any atom is 0.246 e. The van der Waals surface area contributed by atoms with Gasteiger partial charge in [-0.05, 0) is 120 Å². The van der Waals surface area contributed by atoms with Gasteiger partial charge in [0.25, 0.3) is 0 Å². The summed E-state index contributed by atoms with van der Waals surface area (Å²) >= 11 is 0.679. The molecule has 14 atom stereocenters. The number of thioether (sulfide) groups is 1. The molecule has 7 aromatic rings. The van der Waals surface area contributed by atoms with Crippen molar-refractivity contribution in [3.8, 4) is 5.75 Å². The van der Waals surface area contributed by atoms with Crippen molar-refractivity contribution < 1.29 is 95.3 Å². The first-order valence-electron chi connectivity index (χ1n) is 46.4. The maximum atomic E-state index is 15.9. The topological polar surface area (TPSA) is 541 Å². The number of aliphatic hydroxyl groups excluding tert-OH is 1. The Morgan fingerprint density at radius 2 is 1.03 bits per heavy atom. The Kier molecular flexibility index (Phi) is 39.6. The number of nitrogens with one attached hydrogen (secondary N) is 10. The summed E-state index contributed by atoms with van der Waals surface area (Å²) in [4.78, 5) is 236. The number of rotatable bonds is 26. The van der Waals surface area contributed by atoms with E-state index < -0.39 is 241 Å². The van der Waals surface area contributed by atoms with Crippen LogP contribution in [-0.2, 0) is 117 Å². The lowest BCUT2D eigenvalue weighted by molar-refractivity contribution is -0.152. The van der Waals surface area contributed by atoms with Crippen molar-refractivity contribution in [2.45, 2.75) is 215 Å². The van der Waals surface area contributed by atoms with Crippen LogP contribution in [0.1, 0.15) is 124 Å². The molecule has 0 unspecified atom stereocenters. The van der Waals surface area contributed by atoms with Crippen molar-refractivity contribution in [3.05, 3.63) is 208 Å². The van der Waals surface area contributed by atoms with Gasteiger partial charge in [-0.15, -0.1) is 11.8 Å². The molecule has 4 heterocycles. The van der Waals surface area contributed by atoms with E-state index in [9.17, 15) is 38.6 Å². The molecule has 1 aromatic heterocycles. The molecule has 3 saturated heterocycles. The van der Waals surface area contributed by atoms with Crippen LogP contribution >= 0.6 is 11.8 Å². The van der Waals surface area contributed by atoms with Crippen molar-refractivity contribution in [2.75, 3.05) is 65.4 Å². The van der Waals surface area contributed by atoms with Crippen molar-refractivity contribution in [3.63, 3.8) is 0 Å². The Balaban J connectivity index is 1.06. The first kappa shape index (κ1) is 107. The van der Waals surface area contributed by atoms with Crippen molar-refractivity contribution in [1.29, 1.82) is 0 Å². The molecule has 742 valence electrons. The summed E-state index contributed by atoms with van der Waals surface area (Å²) in [5.41, 5.74) is 27.1. The molecule has 3 fully saturated rings. The number of aromatic hydroxyl groups is 1. The number of nitrogens with zero attached hydrogens (tertiary/aromatic N) is 5. The number of para-hydroxylation sites is 1. The van der Waals surface area contributed by atoms with Gasteiger partial charge in [0.1, 0.15) is 84.3 Å². The minimum atomic E-state index is -1.86. The van der Waals surface area contributed by atoms with Gasteiger partial charge >= 0.3 is 0 Å². The molecule has 0 spiro atoms. The Labute approximate surface area is 802 Å². The Bertz CT molecular complexity index is 5420. The molecule has 0 bridgehead atoms. The van der Waals surface area contributed by atoms with Crippen molar-refractivity contribution >= 4 is 111 Å². The van der Waals surface area contributed by atoms with Crippen LogP contribution in [0.4, 0.5) is 13.2 Å². The van der Waals surface area contributed by atoms with Crippen LogP contribution in [-0.4, -0.2) is 278 Å². The highest BCUT2D eigenvalue weighted by Gasteiger charge is 2.47. The summed E-state index contributed by atoms with van der Waals surface area (Å²) in [5, 5.41) is 46.9. The number of benzene rings is 6. The smallest absolute Gasteiger partial charge is 0.246 e. The SMILES string of the molecule is CCCCC[C@H]1C(=O)N2CCC[C@@H]2C(=O)N[C@@H](CN)C(=O)N[C@@H](C(C)C)C(=O)N(C)[C@@H](Cc2ccccc2)C(=O)N[C@@H](Cc2ccc(CN)cc2)C(=O)N2C[C@@H](O)C[C@@H]2C(=O)N[C@@H](Cc2c[nH]c3ccccc23)C(=O)N[C@@H](Cc2ccc(O)cc2)C(=O)N[C@@H](CCCCN)C(=O)N[C@H](C(=O)NCC(N)=O)CSCC(=O)N[C@@H](Cc2cc(F)c(F)c(F)c2)C(=O)N(C)[C@@H](Cc2ccccc2)C(=O)N1C. The van der Waals surface area contributed by atoms with Crippen LogP contribution < -0.4 is 70.8 Å². The number of hydrogen-bond donors (Lipinski definition) is 16. The number of nitrogens with two attached hydrogens (primary N) is 4. The second-order valence-corrected chi connectivity index (χ2v) is 36.6. The molecule has 40 heteroatoms.